The Morgan fingerprint density at radius 1 is 1.07 bits per heavy atom. The molecule has 2 aromatic heterocycles. The number of nitrogens with zero attached hydrogens (tertiary/aromatic N) is 4. The lowest BCUT2D eigenvalue weighted by Gasteiger charge is -2.24. The van der Waals surface area contributed by atoms with Gasteiger partial charge in [-0.25, -0.2) is 4.98 Å². The van der Waals surface area contributed by atoms with Gasteiger partial charge in [0.15, 0.2) is 11.3 Å². The third-order valence-electron chi connectivity index (χ3n) is 4.65. The van der Waals surface area contributed by atoms with Crippen molar-refractivity contribution in [1.29, 1.82) is 0 Å². The number of aromatic amines is 1. The number of H-pyrrole nitrogens is 1. The summed E-state index contributed by atoms with van der Waals surface area (Å²) in [4.78, 5) is 17.1. The molecule has 0 saturated heterocycles. The molecule has 0 atom stereocenters. The molecule has 0 radical (unpaired) electrons. The predicted octanol–water partition coefficient (Wildman–Crippen LogP) is 2.72. The Bertz CT molecular complexity index is 1070. The maximum absolute atomic E-state index is 11.5. The number of carbonyl (C=O) groups is 1. The number of amides is 1. The highest BCUT2D eigenvalue weighted by Crippen LogP contribution is 2.30. The molecule has 4 rings (SSSR count). The number of carbonyl (C=O) groups excluding carboxylic acids is 1. The summed E-state index contributed by atoms with van der Waals surface area (Å²) in [7, 11) is 0. The van der Waals surface area contributed by atoms with Gasteiger partial charge in [-0.1, -0.05) is 60.7 Å². The average molecular weight is 387 g/mol. The van der Waals surface area contributed by atoms with Crippen LogP contribution in [0.5, 0.6) is 0 Å². The number of nitrogens with one attached hydrogen (secondary N) is 2. The van der Waals surface area contributed by atoms with Gasteiger partial charge in [-0.2, -0.15) is 15.4 Å². The topological polar surface area (TPSA) is 110 Å². The summed E-state index contributed by atoms with van der Waals surface area (Å²) in [5.41, 5.74) is 3.11. The Morgan fingerprint density at radius 3 is 2.24 bits per heavy atom. The van der Waals surface area contributed by atoms with Crippen LogP contribution in [0, 0.1) is 0 Å². The van der Waals surface area contributed by atoms with Gasteiger partial charge in [-0.15, -0.1) is 0 Å². The summed E-state index contributed by atoms with van der Waals surface area (Å²) in [5, 5.41) is 25.8. The van der Waals surface area contributed by atoms with E-state index < -0.39 is 6.09 Å². The highest BCUT2D eigenvalue weighted by Gasteiger charge is 2.19. The summed E-state index contributed by atoms with van der Waals surface area (Å²) in [5.74, 6) is 0.667. The molecule has 146 valence electrons. The summed E-state index contributed by atoms with van der Waals surface area (Å²) < 4.78 is 0. The van der Waals surface area contributed by atoms with E-state index >= 15 is 0 Å². The lowest BCUT2D eigenvalue weighted by atomic mass is 9.99. The average Bonchev–Trinajstić information content (AvgIpc) is 3.22. The van der Waals surface area contributed by atoms with Crippen LogP contribution in [-0.2, 0) is 0 Å². The molecule has 0 saturated carbocycles. The van der Waals surface area contributed by atoms with Gasteiger partial charge in [-0.3, -0.25) is 0 Å². The monoisotopic (exact) mass is 387 g/mol. The van der Waals surface area contributed by atoms with Crippen LogP contribution in [0.4, 0.5) is 16.4 Å². The molecule has 0 fully saturated rings. The van der Waals surface area contributed by atoms with E-state index in [1.165, 1.54) is 0 Å². The van der Waals surface area contributed by atoms with Gasteiger partial charge in [-0.05, 0) is 18.1 Å². The van der Waals surface area contributed by atoms with Crippen molar-refractivity contribution in [2.45, 2.75) is 13.0 Å². The highest BCUT2D eigenvalue weighted by atomic mass is 16.4. The quantitative estimate of drug-likeness (QED) is 0.526. The first-order valence-electron chi connectivity index (χ1n) is 9.24. The fourth-order valence-corrected chi connectivity index (χ4v) is 3.25. The molecule has 0 unspecified atom stereocenters. The summed E-state index contributed by atoms with van der Waals surface area (Å²) >= 11 is 0. The Balaban J connectivity index is 1.82. The van der Waals surface area contributed by atoms with Crippen molar-refractivity contribution in [3.05, 3.63) is 77.9 Å². The smallest absolute Gasteiger partial charge is 0.159 e. The van der Waals surface area contributed by atoms with Gasteiger partial charge in [0.2, 0.25) is 0 Å². The number of benzene rings is 2. The third-order valence-corrected chi connectivity index (χ3v) is 4.65. The van der Waals surface area contributed by atoms with Gasteiger partial charge in [0.1, 0.15) is 17.4 Å². The Morgan fingerprint density at radius 2 is 1.69 bits per heavy atom. The Hall–Kier alpha value is -3.94. The molecular formula is C21H19N6O2-. The second-order valence-electron chi connectivity index (χ2n) is 6.43. The summed E-state index contributed by atoms with van der Waals surface area (Å²) in [6.45, 7) is 1.92. The third kappa shape index (κ3) is 3.73. The zero-order valence-corrected chi connectivity index (χ0v) is 15.7. The van der Waals surface area contributed by atoms with E-state index in [2.05, 4.69) is 25.7 Å². The zero-order valence-electron chi connectivity index (χ0n) is 15.7. The minimum atomic E-state index is -1.32. The molecule has 0 bridgehead atoms. The lowest BCUT2D eigenvalue weighted by molar-refractivity contribution is -0.246. The SMILES string of the molecule is CCN(C(=O)[O-])c1cc2n[nH]nc2c(NC(c2ccccc2)c2ccccc2)n1. The molecule has 4 aromatic rings. The van der Waals surface area contributed by atoms with E-state index in [0.717, 1.165) is 16.0 Å². The minimum absolute atomic E-state index is 0.207. The van der Waals surface area contributed by atoms with Gasteiger partial charge in [0.25, 0.3) is 0 Å². The van der Waals surface area contributed by atoms with E-state index in [4.69, 9.17) is 0 Å². The number of hydrogen-bond donors (Lipinski definition) is 2. The second kappa shape index (κ2) is 7.97. The van der Waals surface area contributed by atoms with Crippen LogP contribution in [0.1, 0.15) is 24.1 Å². The predicted molar refractivity (Wildman–Crippen MR) is 108 cm³/mol. The number of hydrogen-bond acceptors (Lipinski definition) is 6. The van der Waals surface area contributed by atoms with E-state index in [-0.39, 0.29) is 18.4 Å². The first-order chi connectivity index (χ1) is 14.2. The van der Waals surface area contributed by atoms with Crippen molar-refractivity contribution in [2.24, 2.45) is 0 Å². The molecule has 0 aliphatic rings. The number of pyridine rings is 1. The first kappa shape index (κ1) is 18.4. The Kier molecular flexibility index (Phi) is 5.07. The standard InChI is InChI=1S/C21H20N6O2/c1-2-27(21(28)29)17-13-16-19(25-26-24-16)20(22-17)23-18(14-9-5-3-6-10-14)15-11-7-4-8-12-15/h3-13,18H,2H2,1H3,(H,22,23)(H,28,29)(H,24,25,26)/p-1. The van der Waals surface area contributed by atoms with Crippen LogP contribution in [0.15, 0.2) is 66.7 Å². The number of rotatable bonds is 6. The van der Waals surface area contributed by atoms with Crippen molar-refractivity contribution >= 4 is 28.8 Å². The van der Waals surface area contributed by atoms with Crippen molar-refractivity contribution in [3.8, 4) is 0 Å². The fourth-order valence-electron chi connectivity index (χ4n) is 3.25. The highest BCUT2D eigenvalue weighted by molar-refractivity contribution is 5.91. The van der Waals surface area contributed by atoms with Gasteiger partial charge < -0.3 is 20.1 Å². The van der Waals surface area contributed by atoms with Gasteiger partial charge in [0.05, 0.1) is 6.04 Å². The zero-order chi connectivity index (χ0) is 20.2. The van der Waals surface area contributed by atoms with Crippen molar-refractivity contribution in [1.82, 2.24) is 20.4 Å². The number of anilines is 2. The molecular weight excluding hydrogens is 368 g/mol. The molecule has 8 nitrogen and oxygen atoms in total. The van der Waals surface area contributed by atoms with E-state index in [9.17, 15) is 9.90 Å². The first-order valence-corrected chi connectivity index (χ1v) is 9.24. The number of carboxylic acid groups (broad SMARTS) is 1. The molecule has 8 heteroatoms. The molecule has 0 spiro atoms. The maximum Gasteiger partial charge on any atom is 0.159 e. The molecule has 1 amide bonds. The van der Waals surface area contributed by atoms with Crippen LogP contribution in [-0.4, -0.2) is 33.0 Å². The minimum Gasteiger partial charge on any atom is -0.530 e. The van der Waals surface area contributed by atoms with E-state index in [1.54, 1.807) is 13.0 Å². The second-order valence-corrected chi connectivity index (χ2v) is 6.43. The van der Waals surface area contributed by atoms with Gasteiger partial charge >= 0.3 is 0 Å². The maximum atomic E-state index is 11.5. The number of aromatic nitrogens is 4. The lowest BCUT2D eigenvalue weighted by Crippen LogP contribution is -2.41. The molecule has 2 N–H and O–H groups in total. The van der Waals surface area contributed by atoms with E-state index in [0.29, 0.717) is 16.9 Å². The summed E-state index contributed by atoms with van der Waals surface area (Å²) in [6, 6.07) is 21.2. The molecule has 0 aliphatic heterocycles. The molecule has 2 aromatic carbocycles. The van der Waals surface area contributed by atoms with Gasteiger partial charge in [0, 0.05) is 12.6 Å². The number of fused-ring (bicyclic) bond motifs is 1. The van der Waals surface area contributed by atoms with Crippen LogP contribution in [0.3, 0.4) is 0 Å². The normalized spacial score (nSPS) is 11.0. The molecule has 0 aliphatic carbocycles. The fraction of sp³-hybridized carbons (Fsp3) is 0.143. The summed E-state index contributed by atoms with van der Waals surface area (Å²) in [6.07, 6.45) is -1.32. The Labute approximate surface area is 167 Å². The largest absolute Gasteiger partial charge is 0.530 e. The van der Waals surface area contributed by atoms with Crippen molar-refractivity contribution < 1.29 is 9.90 Å². The molecule has 29 heavy (non-hydrogen) atoms. The van der Waals surface area contributed by atoms with Crippen LogP contribution >= 0.6 is 0 Å². The van der Waals surface area contributed by atoms with Crippen molar-refractivity contribution in [2.75, 3.05) is 16.8 Å². The van der Waals surface area contributed by atoms with Crippen LogP contribution < -0.4 is 15.3 Å². The molecule has 2 heterocycles. The van der Waals surface area contributed by atoms with Crippen molar-refractivity contribution in [3.63, 3.8) is 0 Å². The van der Waals surface area contributed by atoms with E-state index in [1.807, 2.05) is 60.7 Å². The van der Waals surface area contributed by atoms with Crippen LogP contribution in [0.25, 0.3) is 11.0 Å². The van der Waals surface area contributed by atoms with Crippen LogP contribution in [0.2, 0.25) is 0 Å².